The van der Waals surface area contributed by atoms with Crippen LogP contribution in [0.5, 0.6) is 5.75 Å². The summed E-state index contributed by atoms with van der Waals surface area (Å²) in [6.07, 6.45) is 0.498. The number of carboxylic acid groups (broad SMARTS) is 1. The maximum atomic E-state index is 11.6. The molecule has 6 nitrogen and oxygen atoms in total. The van der Waals surface area contributed by atoms with Gasteiger partial charge in [0.05, 0.1) is 26.0 Å². The number of hydrogen-bond donors (Lipinski definition) is 1. The lowest BCUT2D eigenvalue weighted by molar-refractivity contribution is 0.0701. The van der Waals surface area contributed by atoms with Crippen LogP contribution in [-0.4, -0.2) is 49.5 Å². The molecule has 2 heterocycles. The third-order valence-electron chi connectivity index (χ3n) is 4.07. The minimum absolute atomic E-state index is 0.312. The molecule has 0 amide bonds. The van der Waals surface area contributed by atoms with Gasteiger partial charge in [0.25, 0.3) is 0 Å². The van der Waals surface area contributed by atoms with Crippen LogP contribution in [-0.2, 0) is 11.2 Å². The molecular weight excluding hydrogens is 328 g/mol. The Morgan fingerprint density at radius 1 is 1.42 bits per heavy atom. The molecule has 1 aliphatic heterocycles. The smallest absolute Gasteiger partial charge is 0.347 e. The molecule has 24 heavy (non-hydrogen) atoms. The van der Waals surface area contributed by atoms with Crippen molar-refractivity contribution < 1.29 is 19.4 Å². The average Bonchev–Trinajstić information content (AvgIpc) is 3.01. The Kier molecular flexibility index (Phi) is 5.01. The molecule has 1 aromatic carbocycles. The molecule has 0 aliphatic carbocycles. The highest BCUT2D eigenvalue weighted by Gasteiger charge is 2.22. The molecule has 0 spiro atoms. The number of aromatic nitrogens is 1. The van der Waals surface area contributed by atoms with Crippen molar-refractivity contribution >= 4 is 22.4 Å². The number of thiazole rings is 1. The van der Waals surface area contributed by atoms with Crippen molar-refractivity contribution in [1.82, 2.24) is 4.98 Å². The van der Waals surface area contributed by atoms with Gasteiger partial charge >= 0.3 is 5.97 Å². The molecule has 0 bridgehead atoms. The van der Waals surface area contributed by atoms with E-state index in [0.29, 0.717) is 30.2 Å². The van der Waals surface area contributed by atoms with E-state index in [0.717, 1.165) is 35.1 Å². The van der Waals surface area contributed by atoms with Gasteiger partial charge in [-0.2, -0.15) is 0 Å². The van der Waals surface area contributed by atoms with Crippen molar-refractivity contribution in [1.29, 1.82) is 0 Å². The van der Waals surface area contributed by atoms with E-state index in [1.807, 2.05) is 25.1 Å². The Bertz CT molecular complexity index is 738. The molecule has 1 saturated heterocycles. The van der Waals surface area contributed by atoms with Crippen LogP contribution in [0, 0.1) is 6.92 Å². The number of aryl methyl sites for hydroxylation is 1. The average molecular weight is 348 g/mol. The quantitative estimate of drug-likeness (QED) is 0.895. The van der Waals surface area contributed by atoms with Crippen LogP contribution >= 0.6 is 11.3 Å². The fourth-order valence-electron chi connectivity index (χ4n) is 2.69. The van der Waals surface area contributed by atoms with Crippen LogP contribution in [0.25, 0.3) is 0 Å². The van der Waals surface area contributed by atoms with Crippen molar-refractivity contribution in [3.8, 4) is 5.75 Å². The fraction of sp³-hybridized carbons (Fsp3) is 0.412. The number of morpholine rings is 1. The van der Waals surface area contributed by atoms with Crippen LogP contribution in [0.2, 0.25) is 0 Å². The van der Waals surface area contributed by atoms with E-state index in [-0.39, 0.29) is 0 Å². The summed E-state index contributed by atoms with van der Waals surface area (Å²) in [5, 5.41) is 10.3. The van der Waals surface area contributed by atoms with Gasteiger partial charge < -0.3 is 19.5 Å². The van der Waals surface area contributed by atoms with Crippen LogP contribution in [0.1, 0.15) is 26.5 Å². The number of hydrogen-bond acceptors (Lipinski definition) is 6. The summed E-state index contributed by atoms with van der Waals surface area (Å²) in [6, 6.07) is 5.80. The van der Waals surface area contributed by atoms with E-state index >= 15 is 0 Å². The maximum absolute atomic E-state index is 11.6. The molecule has 0 atom stereocenters. The predicted octanol–water partition coefficient (Wildman–Crippen LogP) is 2.59. The van der Waals surface area contributed by atoms with E-state index in [1.165, 1.54) is 11.3 Å². The maximum Gasteiger partial charge on any atom is 0.347 e. The van der Waals surface area contributed by atoms with E-state index in [2.05, 4.69) is 9.88 Å². The number of anilines is 1. The van der Waals surface area contributed by atoms with Crippen molar-refractivity contribution in [2.45, 2.75) is 13.3 Å². The minimum atomic E-state index is -0.923. The molecule has 0 radical (unpaired) electrons. The molecule has 7 heteroatoms. The van der Waals surface area contributed by atoms with Gasteiger partial charge in [0.1, 0.15) is 10.6 Å². The second-order valence-corrected chi connectivity index (χ2v) is 6.62. The number of benzene rings is 1. The van der Waals surface area contributed by atoms with E-state index in [9.17, 15) is 9.90 Å². The van der Waals surface area contributed by atoms with Crippen LogP contribution in [0.4, 0.5) is 5.13 Å². The summed E-state index contributed by atoms with van der Waals surface area (Å²) in [4.78, 5) is 18.6. The first kappa shape index (κ1) is 16.7. The van der Waals surface area contributed by atoms with Crippen molar-refractivity contribution in [2.75, 3.05) is 38.3 Å². The number of carbonyl (C=O) groups is 1. The lowest BCUT2D eigenvalue weighted by Crippen LogP contribution is -2.36. The van der Waals surface area contributed by atoms with Crippen molar-refractivity contribution in [2.24, 2.45) is 0 Å². The first-order valence-electron chi connectivity index (χ1n) is 7.77. The van der Waals surface area contributed by atoms with Gasteiger partial charge in [-0.15, -0.1) is 0 Å². The molecule has 2 aromatic rings. The molecule has 0 unspecified atom stereocenters. The zero-order valence-electron chi connectivity index (χ0n) is 13.7. The summed E-state index contributed by atoms with van der Waals surface area (Å²) in [5.74, 6) is -0.129. The van der Waals surface area contributed by atoms with E-state index in [4.69, 9.17) is 9.47 Å². The zero-order chi connectivity index (χ0) is 17.1. The van der Waals surface area contributed by atoms with Gasteiger partial charge in [-0.05, 0) is 30.2 Å². The monoisotopic (exact) mass is 348 g/mol. The fourth-order valence-corrected chi connectivity index (χ4v) is 3.66. The summed E-state index contributed by atoms with van der Waals surface area (Å²) in [5.41, 5.74) is 2.73. The van der Waals surface area contributed by atoms with Gasteiger partial charge in [-0.3, -0.25) is 0 Å². The van der Waals surface area contributed by atoms with Gasteiger partial charge in [0.2, 0.25) is 0 Å². The zero-order valence-corrected chi connectivity index (χ0v) is 14.6. The number of rotatable bonds is 5. The number of ether oxygens (including phenoxy) is 2. The first-order valence-corrected chi connectivity index (χ1v) is 8.59. The Balaban J connectivity index is 1.89. The third kappa shape index (κ3) is 3.52. The van der Waals surface area contributed by atoms with Gasteiger partial charge in [-0.25, -0.2) is 9.78 Å². The Labute approximate surface area is 144 Å². The van der Waals surface area contributed by atoms with Gasteiger partial charge in [-0.1, -0.05) is 17.4 Å². The van der Waals surface area contributed by atoms with Crippen molar-refractivity contribution in [3.63, 3.8) is 0 Å². The SMILES string of the molecule is COc1ccc(Cc2nc(N3CCOCC3)sc2C(=O)O)c(C)c1. The highest BCUT2D eigenvalue weighted by molar-refractivity contribution is 7.17. The largest absolute Gasteiger partial charge is 0.497 e. The summed E-state index contributed by atoms with van der Waals surface area (Å²) < 4.78 is 10.6. The lowest BCUT2D eigenvalue weighted by atomic mass is 10.0. The molecule has 128 valence electrons. The third-order valence-corrected chi connectivity index (χ3v) is 5.22. The summed E-state index contributed by atoms with van der Waals surface area (Å²) in [6.45, 7) is 4.78. The highest BCUT2D eigenvalue weighted by Crippen LogP contribution is 2.29. The number of methoxy groups -OCH3 is 1. The normalized spacial score (nSPS) is 14.7. The van der Waals surface area contributed by atoms with Gasteiger partial charge in [0, 0.05) is 19.5 Å². The Morgan fingerprint density at radius 2 is 2.17 bits per heavy atom. The predicted molar refractivity (Wildman–Crippen MR) is 92.6 cm³/mol. The summed E-state index contributed by atoms with van der Waals surface area (Å²) in [7, 11) is 1.63. The second-order valence-electron chi connectivity index (χ2n) is 5.65. The summed E-state index contributed by atoms with van der Waals surface area (Å²) >= 11 is 1.24. The van der Waals surface area contributed by atoms with Crippen LogP contribution < -0.4 is 9.64 Å². The van der Waals surface area contributed by atoms with E-state index in [1.54, 1.807) is 7.11 Å². The number of aromatic carboxylic acids is 1. The molecule has 0 saturated carbocycles. The minimum Gasteiger partial charge on any atom is -0.497 e. The lowest BCUT2D eigenvalue weighted by Gasteiger charge is -2.26. The Morgan fingerprint density at radius 3 is 2.79 bits per heavy atom. The van der Waals surface area contributed by atoms with Gasteiger partial charge in [0.15, 0.2) is 5.13 Å². The van der Waals surface area contributed by atoms with E-state index < -0.39 is 5.97 Å². The molecule has 1 fully saturated rings. The van der Waals surface area contributed by atoms with Crippen LogP contribution in [0.15, 0.2) is 18.2 Å². The highest BCUT2D eigenvalue weighted by atomic mass is 32.1. The Hall–Kier alpha value is -2.12. The molecule has 1 N–H and O–H groups in total. The standard InChI is InChI=1S/C17H20N2O4S/c1-11-9-13(22-2)4-3-12(11)10-14-15(16(20)21)24-17(18-14)19-5-7-23-8-6-19/h3-4,9H,5-8,10H2,1-2H3,(H,20,21). The molecule has 3 rings (SSSR count). The van der Waals surface area contributed by atoms with Crippen molar-refractivity contribution in [3.05, 3.63) is 39.9 Å². The molecule has 1 aliphatic rings. The van der Waals surface area contributed by atoms with Crippen LogP contribution in [0.3, 0.4) is 0 Å². The number of carboxylic acids is 1. The topological polar surface area (TPSA) is 71.9 Å². The second kappa shape index (κ2) is 7.19. The number of nitrogens with zero attached hydrogens (tertiary/aromatic N) is 2. The molecule has 1 aromatic heterocycles. The first-order chi connectivity index (χ1) is 11.6. The molecular formula is C17H20N2O4S.